The smallest absolute Gasteiger partial charge is 0.279 e. The molecule has 0 N–H and O–H groups in total. The second kappa shape index (κ2) is 6.42. The van der Waals surface area contributed by atoms with Crippen molar-refractivity contribution in [1.82, 2.24) is 19.2 Å². The van der Waals surface area contributed by atoms with Gasteiger partial charge in [0.05, 0.1) is 5.69 Å². The van der Waals surface area contributed by atoms with Gasteiger partial charge >= 0.3 is 5.56 Å². The molecule has 0 fully saturated rings. The van der Waals surface area contributed by atoms with Gasteiger partial charge in [-0.25, -0.2) is 0 Å². The Morgan fingerprint density at radius 1 is 1.26 bits per heavy atom. The van der Waals surface area contributed by atoms with Crippen LogP contribution in [0.2, 0.25) is 0 Å². The standard InChI is InChI=1S/C17H18N4OS/c1-4-5-11-23-17-19-18-15-16(22)20(9-10-21(15)17)14-8-6-7-12(2)13(14)3/h4,6-10H,1,5,11H2,2-3H3. The van der Waals surface area contributed by atoms with Gasteiger partial charge in [0.2, 0.25) is 5.65 Å². The van der Waals surface area contributed by atoms with Crippen LogP contribution in [0.25, 0.3) is 11.3 Å². The molecule has 0 atom stereocenters. The molecule has 0 aliphatic rings. The van der Waals surface area contributed by atoms with Crippen LogP contribution in [0.3, 0.4) is 0 Å². The number of aryl methyl sites for hydroxylation is 1. The van der Waals surface area contributed by atoms with Gasteiger partial charge < -0.3 is 0 Å². The van der Waals surface area contributed by atoms with Crippen LogP contribution in [0.4, 0.5) is 0 Å². The first-order valence-electron chi connectivity index (χ1n) is 7.40. The normalized spacial score (nSPS) is 11.0. The molecule has 1 aromatic carbocycles. The molecular formula is C17H18N4OS. The Labute approximate surface area is 138 Å². The Morgan fingerprint density at radius 3 is 2.87 bits per heavy atom. The molecule has 0 radical (unpaired) electrons. The zero-order chi connectivity index (χ0) is 16.4. The van der Waals surface area contributed by atoms with Gasteiger partial charge in [-0.05, 0) is 37.5 Å². The van der Waals surface area contributed by atoms with Gasteiger partial charge in [-0.15, -0.1) is 16.8 Å². The molecule has 6 heteroatoms. The number of hydrogen-bond acceptors (Lipinski definition) is 4. The minimum absolute atomic E-state index is 0.163. The molecule has 3 rings (SSSR count). The van der Waals surface area contributed by atoms with Gasteiger partial charge in [0.25, 0.3) is 0 Å². The molecule has 0 aliphatic carbocycles. The molecule has 3 aromatic rings. The van der Waals surface area contributed by atoms with Crippen molar-refractivity contribution in [1.29, 1.82) is 0 Å². The van der Waals surface area contributed by atoms with Crippen molar-refractivity contribution in [3.05, 3.63) is 64.7 Å². The number of allylic oxidation sites excluding steroid dienone is 1. The summed E-state index contributed by atoms with van der Waals surface area (Å²) in [6.45, 7) is 7.76. The largest absolute Gasteiger partial charge is 0.300 e. The number of thioether (sulfide) groups is 1. The maximum absolute atomic E-state index is 12.7. The molecule has 0 saturated carbocycles. The molecule has 0 saturated heterocycles. The highest BCUT2D eigenvalue weighted by atomic mass is 32.2. The van der Waals surface area contributed by atoms with Crippen LogP contribution in [-0.4, -0.2) is 24.9 Å². The van der Waals surface area contributed by atoms with E-state index in [-0.39, 0.29) is 5.56 Å². The van der Waals surface area contributed by atoms with Crippen molar-refractivity contribution in [2.24, 2.45) is 0 Å². The number of fused-ring (bicyclic) bond motifs is 1. The van der Waals surface area contributed by atoms with Crippen LogP contribution >= 0.6 is 11.8 Å². The molecular weight excluding hydrogens is 308 g/mol. The Hall–Kier alpha value is -2.34. The van der Waals surface area contributed by atoms with Gasteiger partial charge in [-0.1, -0.05) is 30.0 Å². The predicted molar refractivity (Wildman–Crippen MR) is 93.6 cm³/mol. The van der Waals surface area contributed by atoms with Crippen molar-refractivity contribution < 1.29 is 0 Å². The number of aromatic nitrogens is 4. The van der Waals surface area contributed by atoms with Crippen LogP contribution < -0.4 is 5.56 Å². The van der Waals surface area contributed by atoms with Crippen molar-refractivity contribution in [3.8, 4) is 5.69 Å². The Morgan fingerprint density at radius 2 is 2.09 bits per heavy atom. The van der Waals surface area contributed by atoms with Crippen LogP contribution in [-0.2, 0) is 0 Å². The summed E-state index contributed by atoms with van der Waals surface area (Å²) in [5, 5.41) is 8.93. The fraction of sp³-hybridized carbons (Fsp3) is 0.235. The molecule has 2 heterocycles. The number of rotatable bonds is 5. The summed E-state index contributed by atoms with van der Waals surface area (Å²) in [6.07, 6.45) is 6.37. The van der Waals surface area contributed by atoms with E-state index < -0.39 is 0 Å². The fourth-order valence-electron chi connectivity index (χ4n) is 2.38. The molecule has 5 nitrogen and oxygen atoms in total. The van der Waals surface area contributed by atoms with E-state index in [9.17, 15) is 4.79 Å². The predicted octanol–water partition coefficient (Wildman–Crippen LogP) is 3.17. The van der Waals surface area contributed by atoms with Gasteiger partial charge in [0.15, 0.2) is 5.16 Å². The average Bonchev–Trinajstić information content (AvgIpc) is 2.95. The van der Waals surface area contributed by atoms with E-state index in [0.717, 1.165) is 34.1 Å². The summed E-state index contributed by atoms with van der Waals surface area (Å²) in [6, 6.07) is 5.93. The molecule has 23 heavy (non-hydrogen) atoms. The quantitative estimate of drug-likeness (QED) is 0.410. The van der Waals surface area contributed by atoms with E-state index in [1.165, 1.54) is 0 Å². The third kappa shape index (κ3) is 2.82. The lowest BCUT2D eigenvalue weighted by Gasteiger charge is -2.11. The van der Waals surface area contributed by atoms with Crippen molar-refractivity contribution in [3.63, 3.8) is 0 Å². The van der Waals surface area contributed by atoms with E-state index in [1.54, 1.807) is 26.9 Å². The fourth-order valence-corrected chi connectivity index (χ4v) is 3.24. The highest BCUT2D eigenvalue weighted by Gasteiger charge is 2.13. The van der Waals surface area contributed by atoms with E-state index in [0.29, 0.717) is 5.65 Å². The van der Waals surface area contributed by atoms with E-state index >= 15 is 0 Å². The van der Waals surface area contributed by atoms with Crippen molar-refractivity contribution in [2.45, 2.75) is 25.4 Å². The SMILES string of the molecule is C=CCCSc1nnc2c(=O)n(-c3cccc(C)c3C)ccn12. The summed E-state index contributed by atoms with van der Waals surface area (Å²) < 4.78 is 3.38. The Bertz CT molecular complexity index is 926. The lowest BCUT2D eigenvalue weighted by molar-refractivity contribution is 0.889. The summed E-state index contributed by atoms with van der Waals surface area (Å²) >= 11 is 1.57. The van der Waals surface area contributed by atoms with E-state index in [2.05, 4.69) is 16.8 Å². The third-order valence-corrected chi connectivity index (χ3v) is 4.80. The average molecular weight is 326 g/mol. The van der Waals surface area contributed by atoms with E-state index in [4.69, 9.17) is 0 Å². The first-order chi connectivity index (χ1) is 11.1. The molecule has 0 aliphatic heterocycles. The summed E-state index contributed by atoms with van der Waals surface area (Å²) in [5.41, 5.74) is 3.29. The van der Waals surface area contributed by atoms with Crippen LogP contribution in [0, 0.1) is 13.8 Å². The molecule has 0 spiro atoms. The van der Waals surface area contributed by atoms with Gasteiger partial charge in [-0.2, -0.15) is 0 Å². The van der Waals surface area contributed by atoms with E-state index in [1.807, 2.05) is 44.3 Å². The topological polar surface area (TPSA) is 52.2 Å². The molecule has 0 amide bonds. The minimum atomic E-state index is -0.163. The van der Waals surface area contributed by atoms with Crippen molar-refractivity contribution in [2.75, 3.05) is 5.75 Å². The van der Waals surface area contributed by atoms with Gasteiger partial charge in [0.1, 0.15) is 0 Å². The number of benzene rings is 1. The molecule has 0 bridgehead atoms. The molecule has 2 aromatic heterocycles. The monoisotopic (exact) mass is 326 g/mol. The van der Waals surface area contributed by atoms with Crippen LogP contribution in [0.1, 0.15) is 17.5 Å². The lowest BCUT2D eigenvalue weighted by Crippen LogP contribution is -2.21. The van der Waals surface area contributed by atoms with Gasteiger partial charge in [0, 0.05) is 18.1 Å². The number of hydrogen-bond donors (Lipinski definition) is 0. The summed E-state index contributed by atoms with van der Waals surface area (Å²) in [5.74, 6) is 0.865. The zero-order valence-corrected chi connectivity index (χ0v) is 14.0. The highest BCUT2D eigenvalue weighted by molar-refractivity contribution is 7.99. The highest BCUT2D eigenvalue weighted by Crippen LogP contribution is 2.19. The first-order valence-corrected chi connectivity index (χ1v) is 8.38. The summed E-state index contributed by atoms with van der Waals surface area (Å²) in [7, 11) is 0. The Balaban J connectivity index is 2.08. The van der Waals surface area contributed by atoms with Crippen molar-refractivity contribution >= 4 is 17.4 Å². The minimum Gasteiger partial charge on any atom is -0.279 e. The second-order valence-corrected chi connectivity index (χ2v) is 6.36. The maximum atomic E-state index is 12.7. The van der Waals surface area contributed by atoms with Crippen LogP contribution in [0.5, 0.6) is 0 Å². The maximum Gasteiger partial charge on any atom is 0.300 e. The molecule has 118 valence electrons. The summed E-state index contributed by atoms with van der Waals surface area (Å²) in [4.78, 5) is 12.7. The number of nitrogens with zero attached hydrogens (tertiary/aromatic N) is 4. The van der Waals surface area contributed by atoms with Gasteiger partial charge in [-0.3, -0.25) is 13.8 Å². The first kappa shape index (κ1) is 15.6. The second-order valence-electron chi connectivity index (χ2n) is 5.29. The zero-order valence-electron chi connectivity index (χ0n) is 13.2. The van der Waals surface area contributed by atoms with Crippen LogP contribution in [0.15, 0.2) is 53.2 Å². The lowest BCUT2D eigenvalue weighted by atomic mass is 10.1. The Kier molecular flexibility index (Phi) is 4.34. The molecule has 0 unspecified atom stereocenters. The third-order valence-electron chi connectivity index (χ3n) is 3.83.